The predicted molar refractivity (Wildman–Crippen MR) is 69.9 cm³/mol. The zero-order valence-electron chi connectivity index (χ0n) is 9.21. The number of rotatable bonds is 4. The van der Waals surface area contributed by atoms with Crippen LogP contribution in [0.5, 0.6) is 5.75 Å². The van der Waals surface area contributed by atoms with Crippen molar-refractivity contribution in [2.45, 2.75) is 31.3 Å². The molecular weight excluding hydrogens is 307 g/mol. The first-order valence-corrected chi connectivity index (χ1v) is 7.92. The minimum absolute atomic E-state index is 0.0114. The molecule has 0 bridgehead atoms. The van der Waals surface area contributed by atoms with Crippen molar-refractivity contribution in [1.82, 2.24) is 0 Å². The van der Waals surface area contributed by atoms with E-state index in [1.807, 2.05) is 13.8 Å². The fourth-order valence-electron chi connectivity index (χ4n) is 1.09. The van der Waals surface area contributed by atoms with E-state index in [2.05, 4.69) is 0 Å². The molecule has 1 atom stereocenters. The summed E-state index contributed by atoms with van der Waals surface area (Å²) >= 11 is 11.7. The van der Waals surface area contributed by atoms with Crippen LogP contribution in [0.3, 0.4) is 0 Å². The molecule has 0 N–H and O–H groups in total. The molecule has 0 radical (unpaired) electrons. The summed E-state index contributed by atoms with van der Waals surface area (Å²) in [5.74, 6) is 0.343. The summed E-state index contributed by atoms with van der Waals surface area (Å²) in [7, 11) is 1.30. The molecule has 0 fully saturated rings. The summed E-state index contributed by atoms with van der Waals surface area (Å²) in [4.78, 5) is -0.220. The van der Waals surface area contributed by atoms with Crippen molar-refractivity contribution in [2.75, 3.05) is 0 Å². The second-order valence-corrected chi connectivity index (χ2v) is 6.84. The quantitative estimate of drug-likeness (QED) is 0.785. The Morgan fingerprint density at radius 1 is 1.29 bits per heavy atom. The van der Waals surface area contributed by atoms with E-state index in [4.69, 9.17) is 38.6 Å². The lowest BCUT2D eigenvalue weighted by atomic mass is 10.3. The van der Waals surface area contributed by atoms with Crippen LogP contribution >= 0.6 is 33.9 Å². The Morgan fingerprint density at radius 3 is 2.35 bits per heavy atom. The maximum absolute atomic E-state index is 11.2. The van der Waals surface area contributed by atoms with Crippen molar-refractivity contribution in [2.24, 2.45) is 0 Å². The van der Waals surface area contributed by atoms with Gasteiger partial charge in [0.2, 0.25) is 0 Å². The van der Waals surface area contributed by atoms with Crippen LogP contribution in [0.4, 0.5) is 0 Å². The van der Waals surface area contributed by atoms with Gasteiger partial charge in [0.1, 0.15) is 10.6 Å². The molecule has 0 saturated carbocycles. The molecule has 17 heavy (non-hydrogen) atoms. The van der Waals surface area contributed by atoms with Crippen molar-refractivity contribution in [1.29, 1.82) is 0 Å². The Bertz CT molecular complexity index is 514. The monoisotopic (exact) mass is 316 g/mol. The second-order valence-electron chi connectivity index (χ2n) is 3.49. The van der Waals surface area contributed by atoms with E-state index in [9.17, 15) is 8.42 Å². The Morgan fingerprint density at radius 2 is 1.88 bits per heavy atom. The van der Waals surface area contributed by atoms with E-state index in [0.717, 1.165) is 6.42 Å². The molecule has 1 unspecified atom stereocenters. The van der Waals surface area contributed by atoms with Gasteiger partial charge in [-0.2, -0.15) is 0 Å². The maximum Gasteiger partial charge on any atom is 0.262 e. The van der Waals surface area contributed by atoms with Gasteiger partial charge in [-0.05, 0) is 19.4 Å². The fraction of sp³-hybridized carbons (Fsp3) is 0.400. The molecule has 0 spiro atoms. The summed E-state index contributed by atoms with van der Waals surface area (Å²) in [6, 6.07) is 2.54. The Balaban J connectivity index is 3.19. The molecule has 96 valence electrons. The van der Waals surface area contributed by atoms with Gasteiger partial charge in [0, 0.05) is 16.7 Å². The van der Waals surface area contributed by atoms with E-state index in [-0.39, 0.29) is 21.0 Å². The molecule has 3 nitrogen and oxygen atoms in total. The third-order valence-electron chi connectivity index (χ3n) is 2.15. The topological polar surface area (TPSA) is 43.4 Å². The normalized spacial score (nSPS) is 13.5. The minimum atomic E-state index is -3.91. The summed E-state index contributed by atoms with van der Waals surface area (Å²) in [5, 5.41) is 0.150. The molecule has 7 heteroatoms. The molecule has 0 aliphatic heterocycles. The van der Waals surface area contributed by atoms with E-state index in [0.29, 0.717) is 5.75 Å². The molecule has 0 aromatic heterocycles. The highest BCUT2D eigenvalue weighted by atomic mass is 35.7. The third-order valence-corrected chi connectivity index (χ3v) is 4.23. The molecule has 1 aromatic rings. The molecule has 0 aliphatic rings. The number of hydrogen-bond acceptors (Lipinski definition) is 3. The number of benzene rings is 1. The van der Waals surface area contributed by atoms with E-state index >= 15 is 0 Å². The van der Waals surface area contributed by atoms with Gasteiger partial charge >= 0.3 is 0 Å². The Kier molecular flexibility index (Phi) is 4.95. The van der Waals surface area contributed by atoms with Crippen LogP contribution in [-0.4, -0.2) is 14.5 Å². The van der Waals surface area contributed by atoms with Gasteiger partial charge in [-0.3, -0.25) is 0 Å². The highest BCUT2D eigenvalue weighted by molar-refractivity contribution is 8.13. The fourth-order valence-corrected chi connectivity index (χ4v) is 2.87. The highest BCUT2D eigenvalue weighted by Gasteiger charge is 2.18. The standard InChI is InChI=1S/C10H11Cl3O3S/c1-3-6(2)16-9-4-8(12)10(5-7(9)11)17(13,14)15/h4-6H,3H2,1-2H3. The van der Waals surface area contributed by atoms with Gasteiger partial charge in [-0.1, -0.05) is 30.1 Å². The van der Waals surface area contributed by atoms with Crippen molar-refractivity contribution in [3.63, 3.8) is 0 Å². The largest absolute Gasteiger partial charge is 0.489 e. The summed E-state index contributed by atoms with van der Waals surface area (Å²) in [5.41, 5.74) is 0. The van der Waals surface area contributed by atoms with Gasteiger partial charge in [0.15, 0.2) is 0 Å². The van der Waals surface area contributed by atoms with E-state index in [1.165, 1.54) is 12.1 Å². The van der Waals surface area contributed by atoms with Gasteiger partial charge in [-0.15, -0.1) is 0 Å². The van der Waals surface area contributed by atoms with Crippen LogP contribution < -0.4 is 4.74 Å². The number of hydrogen-bond donors (Lipinski definition) is 0. The lowest BCUT2D eigenvalue weighted by Crippen LogP contribution is -2.10. The highest BCUT2D eigenvalue weighted by Crippen LogP contribution is 2.35. The lowest BCUT2D eigenvalue weighted by Gasteiger charge is -2.14. The molecule has 1 aromatic carbocycles. The first-order chi connectivity index (χ1) is 7.75. The summed E-state index contributed by atoms with van der Waals surface area (Å²) in [6.45, 7) is 3.83. The SMILES string of the molecule is CCC(C)Oc1cc(Cl)c(S(=O)(=O)Cl)cc1Cl. The summed E-state index contributed by atoms with van der Waals surface area (Å²) in [6.07, 6.45) is 0.755. The van der Waals surface area contributed by atoms with Crippen molar-refractivity contribution in [3.05, 3.63) is 22.2 Å². The van der Waals surface area contributed by atoms with Gasteiger partial charge in [0.05, 0.1) is 16.1 Å². The van der Waals surface area contributed by atoms with Gasteiger partial charge in [-0.25, -0.2) is 8.42 Å². The number of halogens is 3. The Labute approximate surface area is 115 Å². The minimum Gasteiger partial charge on any atom is -0.489 e. The van der Waals surface area contributed by atoms with Crippen LogP contribution in [0, 0.1) is 0 Å². The van der Waals surface area contributed by atoms with Crippen molar-refractivity contribution >= 4 is 42.9 Å². The molecule has 0 heterocycles. The zero-order chi connectivity index (χ0) is 13.2. The predicted octanol–water partition coefficient (Wildman–Crippen LogP) is 4.10. The average Bonchev–Trinajstić information content (AvgIpc) is 2.21. The van der Waals surface area contributed by atoms with Crippen LogP contribution in [0.25, 0.3) is 0 Å². The van der Waals surface area contributed by atoms with Gasteiger partial charge < -0.3 is 4.74 Å². The molecule has 1 rings (SSSR count). The summed E-state index contributed by atoms with van der Waals surface area (Å²) < 4.78 is 27.8. The zero-order valence-corrected chi connectivity index (χ0v) is 12.3. The molecule has 0 saturated heterocycles. The first kappa shape index (κ1) is 14.9. The van der Waals surface area contributed by atoms with Crippen LogP contribution in [0.2, 0.25) is 10.0 Å². The second kappa shape index (κ2) is 5.65. The van der Waals surface area contributed by atoms with Crippen molar-refractivity contribution < 1.29 is 13.2 Å². The molecule has 0 aliphatic carbocycles. The third kappa shape index (κ3) is 3.91. The van der Waals surface area contributed by atoms with Crippen molar-refractivity contribution in [3.8, 4) is 5.75 Å². The van der Waals surface area contributed by atoms with Crippen LogP contribution in [0.15, 0.2) is 17.0 Å². The van der Waals surface area contributed by atoms with Crippen LogP contribution in [-0.2, 0) is 9.05 Å². The van der Waals surface area contributed by atoms with Gasteiger partial charge in [0.25, 0.3) is 9.05 Å². The maximum atomic E-state index is 11.2. The first-order valence-electron chi connectivity index (χ1n) is 4.86. The lowest BCUT2D eigenvalue weighted by molar-refractivity contribution is 0.217. The van der Waals surface area contributed by atoms with E-state index in [1.54, 1.807) is 0 Å². The van der Waals surface area contributed by atoms with Crippen LogP contribution in [0.1, 0.15) is 20.3 Å². The smallest absolute Gasteiger partial charge is 0.262 e. The number of ether oxygens (including phenoxy) is 1. The average molecular weight is 318 g/mol. The van der Waals surface area contributed by atoms with E-state index < -0.39 is 9.05 Å². The Hall–Kier alpha value is -0.160. The molecular formula is C10H11Cl3O3S. The molecule has 0 amide bonds.